The number of rotatable bonds is 3. The lowest BCUT2D eigenvalue weighted by molar-refractivity contribution is -0.137. The van der Waals surface area contributed by atoms with Gasteiger partial charge in [-0.15, -0.1) is 0 Å². The van der Waals surface area contributed by atoms with Gasteiger partial charge < -0.3 is 5.32 Å². The van der Waals surface area contributed by atoms with Crippen LogP contribution in [-0.4, -0.2) is 15.7 Å². The lowest BCUT2D eigenvalue weighted by Crippen LogP contribution is -2.11. The number of carbonyl (C=O) groups excluding carboxylic acids is 1. The number of amides is 1. The maximum atomic E-state index is 12.8. The molecular weight excluding hydrogens is 331 g/mol. The molecule has 122 valence electrons. The minimum Gasteiger partial charge on any atom is -0.307 e. The molecule has 1 heterocycles. The van der Waals surface area contributed by atoms with E-state index in [0.717, 1.165) is 23.9 Å². The number of aromatic nitrogens is 2. The van der Waals surface area contributed by atoms with Gasteiger partial charge >= 0.3 is 6.18 Å². The van der Waals surface area contributed by atoms with Gasteiger partial charge in [0.25, 0.3) is 0 Å². The Morgan fingerprint density at radius 1 is 1.35 bits per heavy atom. The van der Waals surface area contributed by atoms with E-state index in [9.17, 15) is 18.0 Å². The highest BCUT2D eigenvalue weighted by Gasteiger charge is 2.33. The fourth-order valence-electron chi connectivity index (χ4n) is 1.93. The maximum absolute atomic E-state index is 12.8. The molecule has 8 heteroatoms. The van der Waals surface area contributed by atoms with E-state index in [0.29, 0.717) is 5.82 Å². The summed E-state index contributed by atoms with van der Waals surface area (Å²) < 4.78 is 39.8. The van der Waals surface area contributed by atoms with Crippen molar-refractivity contribution in [3.8, 4) is 0 Å². The molecule has 1 N–H and O–H groups in total. The van der Waals surface area contributed by atoms with Crippen molar-refractivity contribution in [1.29, 1.82) is 0 Å². The van der Waals surface area contributed by atoms with Crippen LogP contribution in [0.3, 0.4) is 0 Å². The largest absolute Gasteiger partial charge is 0.417 e. The normalized spacial score (nSPS) is 11.9. The molecule has 0 bridgehead atoms. The summed E-state index contributed by atoms with van der Waals surface area (Å²) in [4.78, 5) is 11.8. The van der Waals surface area contributed by atoms with Crippen LogP contribution < -0.4 is 5.32 Å². The van der Waals surface area contributed by atoms with E-state index in [2.05, 4.69) is 10.4 Å². The summed E-state index contributed by atoms with van der Waals surface area (Å²) in [5, 5.41) is 6.27. The van der Waals surface area contributed by atoms with Gasteiger partial charge in [-0.1, -0.05) is 17.7 Å². The van der Waals surface area contributed by atoms with Gasteiger partial charge in [-0.05, 0) is 30.7 Å². The molecule has 0 atom stereocenters. The Bertz CT molecular complexity index is 766. The first-order valence-corrected chi connectivity index (χ1v) is 6.91. The minimum atomic E-state index is -4.55. The average molecular weight is 344 g/mol. The number of nitrogens with zero attached hydrogens (tertiary/aromatic N) is 2. The molecule has 1 amide bonds. The summed E-state index contributed by atoms with van der Waals surface area (Å²) in [7, 11) is 1.67. The Hall–Kier alpha value is -2.28. The van der Waals surface area contributed by atoms with Gasteiger partial charge in [-0.25, -0.2) is 0 Å². The molecule has 1 aromatic carbocycles. The van der Waals surface area contributed by atoms with E-state index < -0.39 is 17.6 Å². The number of hydrogen-bond acceptors (Lipinski definition) is 2. The van der Waals surface area contributed by atoms with Crippen molar-refractivity contribution < 1.29 is 18.0 Å². The highest BCUT2D eigenvalue weighted by atomic mass is 35.5. The molecule has 0 radical (unpaired) electrons. The predicted molar refractivity (Wildman–Crippen MR) is 82.1 cm³/mol. The first kappa shape index (κ1) is 17.1. The van der Waals surface area contributed by atoms with Gasteiger partial charge in [0.1, 0.15) is 5.82 Å². The van der Waals surface area contributed by atoms with Crippen LogP contribution in [0.2, 0.25) is 5.02 Å². The van der Waals surface area contributed by atoms with Crippen LogP contribution in [-0.2, 0) is 18.0 Å². The molecule has 1 aromatic heterocycles. The van der Waals surface area contributed by atoms with Crippen molar-refractivity contribution in [3.63, 3.8) is 0 Å². The van der Waals surface area contributed by atoms with Gasteiger partial charge in [0.2, 0.25) is 5.91 Å². The van der Waals surface area contributed by atoms with Crippen LogP contribution in [0.5, 0.6) is 0 Å². The number of hydrogen-bond donors (Lipinski definition) is 1. The van der Waals surface area contributed by atoms with E-state index in [1.54, 1.807) is 20.0 Å². The number of alkyl halides is 3. The number of halogens is 4. The van der Waals surface area contributed by atoms with Crippen LogP contribution in [0.25, 0.3) is 6.08 Å². The van der Waals surface area contributed by atoms with Crippen molar-refractivity contribution >= 4 is 29.4 Å². The quantitative estimate of drug-likeness (QED) is 0.854. The predicted octanol–water partition coefficient (Wildman–Crippen LogP) is 4.05. The number of anilines is 1. The molecule has 0 saturated heterocycles. The number of nitrogens with one attached hydrogen (secondary N) is 1. The van der Waals surface area contributed by atoms with E-state index in [1.165, 1.54) is 16.8 Å². The van der Waals surface area contributed by atoms with Crippen molar-refractivity contribution in [1.82, 2.24) is 9.78 Å². The monoisotopic (exact) mass is 343 g/mol. The first-order chi connectivity index (χ1) is 10.7. The van der Waals surface area contributed by atoms with Crippen LogP contribution >= 0.6 is 11.6 Å². The number of benzene rings is 1. The van der Waals surface area contributed by atoms with Gasteiger partial charge in [-0.2, -0.15) is 18.3 Å². The van der Waals surface area contributed by atoms with Crippen molar-refractivity contribution in [3.05, 3.63) is 52.2 Å². The Morgan fingerprint density at radius 3 is 2.61 bits per heavy atom. The molecule has 0 fully saturated rings. The van der Waals surface area contributed by atoms with Gasteiger partial charge in [-0.3, -0.25) is 9.48 Å². The van der Waals surface area contributed by atoms with Crippen LogP contribution in [0.1, 0.15) is 16.8 Å². The zero-order valence-corrected chi connectivity index (χ0v) is 13.0. The lowest BCUT2D eigenvalue weighted by atomic mass is 10.1. The zero-order valence-electron chi connectivity index (χ0n) is 12.3. The Balaban J connectivity index is 2.14. The highest BCUT2D eigenvalue weighted by Crippen LogP contribution is 2.35. The molecule has 0 aliphatic carbocycles. The van der Waals surface area contributed by atoms with Crippen molar-refractivity contribution in [2.24, 2.45) is 7.05 Å². The summed E-state index contributed by atoms with van der Waals surface area (Å²) in [6.07, 6.45) is -2.12. The standard InChI is InChI=1S/C15H13ClF3N3O/c1-9-7-13(22(2)21-9)20-14(23)6-4-10-3-5-12(16)11(8-10)15(17,18)19/h3-8H,1-2H3,(H,20,23)/b6-4+. The van der Waals surface area contributed by atoms with Crippen LogP contribution in [0, 0.1) is 6.92 Å². The molecular formula is C15H13ClF3N3O. The van der Waals surface area contributed by atoms with Gasteiger partial charge in [0.15, 0.2) is 0 Å². The second-order valence-electron chi connectivity index (χ2n) is 4.85. The molecule has 0 aliphatic rings. The molecule has 0 saturated carbocycles. The van der Waals surface area contributed by atoms with Crippen LogP contribution in [0.4, 0.5) is 19.0 Å². The second-order valence-corrected chi connectivity index (χ2v) is 5.26. The molecule has 23 heavy (non-hydrogen) atoms. The molecule has 4 nitrogen and oxygen atoms in total. The SMILES string of the molecule is Cc1cc(NC(=O)/C=C/c2ccc(Cl)c(C(F)(F)F)c2)n(C)n1. The van der Waals surface area contributed by atoms with Gasteiger partial charge in [0.05, 0.1) is 16.3 Å². The molecule has 0 unspecified atom stereocenters. The zero-order chi connectivity index (χ0) is 17.2. The van der Waals surface area contributed by atoms with Crippen molar-refractivity contribution in [2.75, 3.05) is 5.32 Å². The Kier molecular flexibility index (Phi) is 4.79. The Labute approximate surface area is 135 Å². The smallest absolute Gasteiger partial charge is 0.307 e. The van der Waals surface area contributed by atoms with E-state index >= 15 is 0 Å². The fourth-order valence-corrected chi connectivity index (χ4v) is 2.16. The molecule has 2 rings (SSSR count). The van der Waals surface area contributed by atoms with Crippen LogP contribution in [0.15, 0.2) is 30.3 Å². The Morgan fingerprint density at radius 2 is 2.04 bits per heavy atom. The third kappa shape index (κ3) is 4.35. The maximum Gasteiger partial charge on any atom is 0.417 e. The van der Waals surface area contributed by atoms with Crippen molar-refractivity contribution in [2.45, 2.75) is 13.1 Å². The second kappa shape index (κ2) is 6.45. The first-order valence-electron chi connectivity index (χ1n) is 6.53. The third-order valence-corrected chi connectivity index (χ3v) is 3.31. The highest BCUT2D eigenvalue weighted by molar-refractivity contribution is 6.31. The summed E-state index contributed by atoms with van der Waals surface area (Å²) in [5.74, 6) is 0.0146. The summed E-state index contributed by atoms with van der Waals surface area (Å²) >= 11 is 5.54. The average Bonchev–Trinajstić information content (AvgIpc) is 2.74. The van der Waals surface area contributed by atoms with E-state index in [4.69, 9.17) is 11.6 Å². The number of aryl methyl sites for hydroxylation is 2. The summed E-state index contributed by atoms with van der Waals surface area (Å²) in [6.45, 7) is 1.78. The van der Waals surface area contributed by atoms with Gasteiger partial charge in [0, 0.05) is 19.2 Å². The number of carbonyl (C=O) groups is 1. The fraction of sp³-hybridized carbons (Fsp3) is 0.200. The molecule has 0 spiro atoms. The van der Waals surface area contributed by atoms with E-state index in [-0.39, 0.29) is 10.6 Å². The van der Waals surface area contributed by atoms with E-state index in [1.807, 2.05) is 0 Å². The lowest BCUT2D eigenvalue weighted by Gasteiger charge is -2.09. The minimum absolute atomic E-state index is 0.220. The molecule has 2 aromatic rings. The molecule has 0 aliphatic heterocycles. The third-order valence-electron chi connectivity index (χ3n) is 2.98. The topological polar surface area (TPSA) is 46.9 Å². The summed E-state index contributed by atoms with van der Waals surface area (Å²) in [6, 6.07) is 5.11. The summed E-state index contributed by atoms with van der Waals surface area (Å²) in [5.41, 5.74) is 0.0151.